The molecule has 0 unspecified atom stereocenters. The summed E-state index contributed by atoms with van der Waals surface area (Å²) in [6.45, 7) is 4.72. The maximum absolute atomic E-state index is 12.1. The van der Waals surface area contributed by atoms with Crippen molar-refractivity contribution in [2.45, 2.75) is 25.7 Å². The highest BCUT2D eigenvalue weighted by molar-refractivity contribution is 7.89. The van der Waals surface area contributed by atoms with E-state index < -0.39 is 10.0 Å². The fraction of sp³-hybridized carbons (Fsp3) is 0.455. The number of rotatable bonds is 4. The molecule has 0 spiro atoms. The molecule has 1 aromatic rings. The van der Waals surface area contributed by atoms with Crippen LogP contribution in [-0.4, -0.2) is 26.7 Å². The molecule has 0 aliphatic rings. The van der Waals surface area contributed by atoms with E-state index in [2.05, 4.69) is 4.72 Å². The standard InChI is InChI=1S/C11H19N3O3S/c1-6-9(12)7(2)11(8(3)10(6)13)18(16,17)14-4-5-15/h14-15H,4-5,12-13H2,1-3H3. The molecule has 7 heteroatoms. The predicted molar refractivity (Wildman–Crippen MR) is 71.8 cm³/mol. The van der Waals surface area contributed by atoms with Gasteiger partial charge in [-0.25, -0.2) is 13.1 Å². The predicted octanol–water partition coefficient (Wildman–Crippen LogP) is 0.0469. The van der Waals surface area contributed by atoms with Crippen LogP contribution >= 0.6 is 0 Å². The third kappa shape index (κ3) is 2.43. The Balaban J connectivity index is 3.52. The number of aliphatic hydroxyl groups excluding tert-OH is 1. The van der Waals surface area contributed by atoms with Crippen LogP contribution in [0, 0.1) is 20.8 Å². The maximum atomic E-state index is 12.1. The minimum Gasteiger partial charge on any atom is -0.398 e. The van der Waals surface area contributed by atoms with Gasteiger partial charge in [0.25, 0.3) is 0 Å². The minimum absolute atomic E-state index is 0.0467. The number of aliphatic hydroxyl groups is 1. The highest BCUT2D eigenvalue weighted by Crippen LogP contribution is 2.33. The van der Waals surface area contributed by atoms with E-state index in [-0.39, 0.29) is 18.0 Å². The summed E-state index contributed by atoms with van der Waals surface area (Å²) in [5, 5.41) is 8.69. The normalized spacial score (nSPS) is 11.8. The highest BCUT2D eigenvalue weighted by atomic mass is 32.2. The molecular weight excluding hydrogens is 254 g/mol. The van der Waals surface area contributed by atoms with Gasteiger partial charge in [0.1, 0.15) is 0 Å². The van der Waals surface area contributed by atoms with Gasteiger partial charge < -0.3 is 16.6 Å². The molecule has 6 nitrogen and oxygen atoms in total. The van der Waals surface area contributed by atoms with E-state index in [4.69, 9.17) is 16.6 Å². The van der Waals surface area contributed by atoms with Gasteiger partial charge in [-0.3, -0.25) is 0 Å². The van der Waals surface area contributed by atoms with Crippen molar-refractivity contribution < 1.29 is 13.5 Å². The number of benzene rings is 1. The fourth-order valence-corrected chi connectivity index (χ4v) is 3.42. The van der Waals surface area contributed by atoms with Crippen molar-refractivity contribution in [1.29, 1.82) is 0 Å². The minimum atomic E-state index is -3.72. The SMILES string of the molecule is Cc1c(N)c(C)c(S(=O)(=O)NCCO)c(C)c1N. The van der Waals surface area contributed by atoms with Crippen LogP contribution in [0.2, 0.25) is 0 Å². The molecule has 1 aromatic carbocycles. The van der Waals surface area contributed by atoms with E-state index in [0.29, 0.717) is 28.1 Å². The Morgan fingerprint density at radius 3 is 1.89 bits per heavy atom. The van der Waals surface area contributed by atoms with Gasteiger partial charge in [-0.15, -0.1) is 0 Å². The molecule has 0 aliphatic carbocycles. The lowest BCUT2D eigenvalue weighted by Gasteiger charge is -2.18. The maximum Gasteiger partial charge on any atom is 0.241 e. The number of sulfonamides is 1. The average molecular weight is 273 g/mol. The molecule has 102 valence electrons. The second kappa shape index (κ2) is 5.13. The zero-order valence-corrected chi connectivity index (χ0v) is 11.6. The van der Waals surface area contributed by atoms with Gasteiger partial charge in [0.05, 0.1) is 11.5 Å². The zero-order chi connectivity index (χ0) is 14.1. The third-order valence-corrected chi connectivity index (χ3v) is 4.70. The van der Waals surface area contributed by atoms with E-state index in [1.165, 1.54) is 0 Å². The summed E-state index contributed by atoms with van der Waals surface area (Å²) < 4.78 is 26.5. The van der Waals surface area contributed by atoms with Gasteiger partial charge in [-0.1, -0.05) is 0 Å². The van der Waals surface area contributed by atoms with Gasteiger partial charge in [0.15, 0.2) is 0 Å². The summed E-state index contributed by atoms with van der Waals surface area (Å²) >= 11 is 0. The molecule has 0 bridgehead atoms. The monoisotopic (exact) mass is 273 g/mol. The van der Waals surface area contributed by atoms with Gasteiger partial charge in [-0.05, 0) is 37.5 Å². The van der Waals surface area contributed by atoms with Gasteiger partial charge in [0, 0.05) is 17.9 Å². The molecule has 6 N–H and O–H groups in total. The molecule has 0 saturated heterocycles. The Kier molecular flexibility index (Phi) is 4.20. The van der Waals surface area contributed by atoms with E-state index in [1.54, 1.807) is 20.8 Å². The largest absolute Gasteiger partial charge is 0.398 e. The fourth-order valence-electron chi connectivity index (χ4n) is 1.89. The molecule has 0 aromatic heterocycles. The Morgan fingerprint density at radius 1 is 1.06 bits per heavy atom. The van der Waals surface area contributed by atoms with Crippen LogP contribution in [-0.2, 0) is 10.0 Å². The topological polar surface area (TPSA) is 118 Å². The first-order valence-corrected chi connectivity index (χ1v) is 6.97. The Morgan fingerprint density at radius 2 is 1.50 bits per heavy atom. The van der Waals surface area contributed by atoms with Gasteiger partial charge in [-0.2, -0.15) is 0 Å². The van der Waals surface area contributed by atoms with Crippen molar-refractivity contribution in [3.8, 4) is 0 Å². The van der Waals surface area contributed by atoms with Crippen molar-refractivity contribution in [3.63, 3.8) is 0 Å². The number of hydrogen-bond donors (Lipinski definition) is 4. The van der Waals surface area contributed by atoms with E-state index in [0.717, 1.165) is 0 Å². The summed E-state index contributed by atoms with van der Waals surface area (Å²) in [4.78, 5) is 0.0940. The molecule has 0 fully saturated rings. The first-order chi connectivity index (χ1) is 8.24. The number of nitrogen functional groups attached to an aromatic ring is 2. The molecule has 1 rings (SSSR count). The molecule has 0 saturated carbocycles. The average Bonchev–Trinajstić information content (AvgIpc) is 2.31. The second-order valence-electron chi connectivity index (χ2n) is 4.15. The molecule has 0 heterocycles. The summed E-state index contributed by atoms with van der Waals surface area (Å²) in [7, 11) is -3.72. The second-order valence-corrected chi connectivity index (χ2v) is 5.86. The lowest BCUT2D eigenvalue weighted by molar-refractivity contribution is 0.301. The van der Waals surface area contributed by atoms with Gasteiger partial charge >= 0.3 is 0 Å². The lowest BCUT2D eigenvalue weighted by Crippen LogP contribution is -2.28. The Labute approximate surface area is 107 Å². The van der Waals surface area contributed by atoms with Crippen molar-refractivity contribution in [2.75, 3.05) is 24.6 Å². The van der Waals surface area contributed by atoms with Crippen molar-refractivity contribution >= 4 is 21.4 Å². The summed E-state index contributed by atoms with van der Waals surface area (Å²) in [5.74, 6) is 0. The first kappa shape index (κ1) is 14.7. The molecule has 0 radical (unpaired) electrons. The molecule has 0 aliphatic heterocycles. The molecule has 0 amide bonds. The van der Waals surface area contributed by atoms with E-state index in [9.17, 15) is 8.42 Å². The molecule has 0 atom stereocenters. The summed E-state index contributed by atoms with van der Waals surface area (Å²) in [6.07, 6.45) is 0. The van der Waals surface area contributed by atoms with Crippen molar-refractivity contribution in [2.24, 2.45) is 0 Å². The van der Waals surface area contributed by atoms with Crippen LogP contribution in [0.15, 0.2) is 4.90 Å². The third-order valence-electron chi connectivity index (χ3n) is 2.97. The first-order valence-electron chi connectivity index (χ1n) is 5.49. The van der Waals surface area contributed by atoms with Crippen molar-refractivity contribution in [1.82, 2.24) is 4.72 Å². The summed E-state index contributed by atoms with van der Waals surface area (Å²) in [6, 6.07) is 0. The van der Waals surface area contributed by atoms with Crippen LogP contribution in [0.4, 0.5) is 11.4 Å². The van der Waals surface area contributed by atoms with E-state index >= 15 is 0 Å². The number of hydrogen-bond acceptors (Lipinski definition) is 5. The van der Waals surface area contributed by atoms with Crippen LogP contribution in [0.3, 0.4) is 0 Å². The van der Waals surface area contributed by atoms with Gasteiger partial charge in [0.2, 0.25) is 10.0 Å². The van der Waals surface area contributed by atoms with Crippen LogP contribution in [0.1, 0.15) is 16.7 Å². The Hall–Kier alpha value is -1.31. The lowest BCUT2D eigenvalue weighted by atomic mass is 10.0. The Bertz CT molecular complexity index is 538. The number of anilines is 2. The zero-order valence-electron chi connectivity index (χ0n) is 10.7. The number of nitrogens with two attached hydrogens (primary N) is 2. The number of nitrogens with one attached hydrogen (secondary N) is 1. The van der Waals surface area contributed by atoms with Crippen LogP contribution in [0.25, 0.3) is 0 Å². The quantitative estimate of drug-likeness (QED) is 0.578. The van der Waals surface area contributed by atoms with Crippen molar-refractivity contribution in [3.05, 3.63) is 16.7 Å². The van der Waals surface area contributed by atoms with Crippen LogP contribution < -0.4 is 16.2 Å². The molecular formula is C11H19N3O3S. The smallest absolute Gasteiger partial charge is 0.241 e. The van der Waals surface area contributed by atoms with Crippen LogP contribution in [0.5, 0.6) is 0 Å². The molecule has 18 heavy (non-hydrogen) atoms. The van der Waals surface area contributed by atoms with E-state index in [1.807, 2.05) is 0 Å². The summed E-state index contributed by atoms with van der Waals surface area (Å²) in [5.41, 5.74) is 14.1. The highest BCUT2D eigenvalue weighted by Gasteiger charge is 2.23.